The summed E-state index contributed by atoms with van der Waals surface area (Å²) in [7, 11) is 4.62. The second-order valence-electron chi connectivity index (χ2n) is 8.94. The zero-order chi connectivity index (χ0) is 19.2. The van der Waals surface area contributed by atoms with Gasteiger partial charge in [0.05, 0.1) is 26.2 Å². The van der Waals surface area contributed by atoms with Crippen LogP contribution < -0.4 is 0 Å². The molecule has 0 aliphatic carbocycles. The number of hydrogen-bond acceptors (Lipinski definition) is 1. The maximum absolute atomic E-state index is 13.9. The Kier molecular flexibility index (Phi) is 4.59. The zero-order valence-corrected chi connectivity index (χ0v) is 16.0. The van der Waals surface area contributed by atoms with Gasteiger partial charge in [-0.15, -0.1) is 0 Å². The standard InChI is InChI=1S/C23H28F2NO/c1-26(2)21-9-10-22(26)12-16(11-21)15-23(27,17-5-3-7-19(24)13-17)18-6-4-8-20(25)14-18/h3-8,13-14,16,21-22,27H,9-12,15H2,1-2H3/q+1/t21-,22-/m1/s1. The third-order valence-corrected chi connectivity index (χ3v) is 7.11. The molecule has 2 bridgehead atoms. The number of aliphatic hydroxyl groups is 1. The highest BCUT2D eigenvalue weighted by Gasteiger charge is 2.50. The van der Waals surface area contributed by atoms with Gasteiger partial charge in [0.15, 0.2) is 0 Å². The Balaban J connectivity index is 1.69. The van der Waals surface area contributed by atoms with Crippen LogP contribution >= 0.6 is 0 Å². The molecule has 4 heteroatoms. The van der Waals surface area contributed by atoms with E-state index in [9.17, 15) is 13.9 Å². The smallest absolute Gasteiger partial charge is 0.123 e. The van der Waals surface area contributed by atoms with Crippen molar-refractivity contribution in [3.8, 4) is 0 Å². The summed E-state index contributed by atoms with van der Waals surface area (Å²) in [6.45, 7) is 0. The van der Waals surface area contributed by atoms with Crippen LogP contribution in [-0.4, -0.2) is 35.8 Å². The van der Waals surface area contributed by atoms with Gasteiger partial charge >= 0.3 is 0 Å². The van der Waals surface area contributed by atoms with Crippen molar-refractivity contribution < 1.29 is 18.4 Å². The maximum Gasteiger partial charge on any atom is 0.123 e. The van der Waals surface area contributed by atoms with Crippen molar-refractivity contribution in [2.45, 2.75) is 49.8 Å². The lowest BCUT2D eigenvalue weighted by atomic mass is 9.75. The number of benzene rings is 2. The van der Waals surface area contributed by atoms with Crippen LogP contribution in [0.1, 0.15) is 43.2 Å². The van der Waals surface area contributed by atoms with Crippen LogP contribution in [0.5, 0.6) is 0 Å². The van der Waals surface area contributed by atoms with Crippen molar-refractivity contribution >= 4 is 0 Å². The van der Waals surface area contributed by atoms with Crippen LogP contribution in [0.25, 0.3) is 0 Å². The van der Waals surface area contributed by atoms with Gasteiger partial charge in [0.1, 0.15) is 17.2 Å². The summed E-state index contributed by atoms with van der Waals surface area (Å²) in [6.07, 6.45) is 5.05. The van der Waals surface area contributed by atoms with Crippen LogP contribution in [-0.2, 0) is 5.60 Å². The molecule has 0 radical (unpaired) electrons. The van der Waals surface area contributed by atoms with E-state index in [0.29, 0.717) is 35.5 Å². The van der Waals surface area contributed by atoms with Gasteiger partial charge in [-0.3, -0.25) is 0 Å². The van der Waals surface area contributed by atoms with E-state index < -0.39 is 5.60 Å². The predicted octanol–water partition coefficient (Wildman–Crippen LogP) is 4.61. The maximum atomic E-state index is 13.9. The number of hydrogen-bond donors (Lipinski definition) is 1. The van der Waals surface area contributed by atoms with Gasteiger partial charge in [-0.05, 0) is 47.7 Å². The van der Waals surface area contributed by atoms with Gasteiger partial charge in [-0.1, -0.05) is 24.3 Å². The topological polar surface area (TPSA) is 20.2 Å². The molecule has 2 atom stereocenters. The van der Waals surface area contributed by atoms with Gasteiger partial charge < -0.3 is 9.59 Å². The van der Waals surface area contributed by atoms with Crippen molar-refractivity contribution in [3.05, 3.63) is 71.3 Å². The molecule has 2 saturated heterocycles. The molecule has 0 aromatic heterocycles. The first-order valence-electron chi connectivity index (χ1n) is 9.87. The highest BCUT2D eigenvalue weighted by atomic mass is 19.1. The molecule has 2 aromatic rings. The minimum absolute atomic E-state index is 0.338. The van der Waals surface area contributed by atoms with Crippen molar-refractivity contribution in [3.63, 3.8) is 0 Å². The molecule has 4 rings (SSSR count). The largest absolute Gasteiger partial charge is 0.380 e. The van der Waals surface area contributed by atoms with Gasteiger partial charge in [0.25, 0.3) is 0 Å². The van der Waals surface area contributed by atoms with Gasteiger partial charge in [0, 0.05) is 25.7 Å². The Morgan fingerprint density at radius 1 is 0.926 bits per heavy atom. The monoisotopic (exact) mass is 372 g/mol. The molecule has 2 aliphatic rings. The van der Waals surface area contributed by atoms with Crippen LogP contribution in [0.15, 0.2) is 48.5 Å². The highest BCUT2D eigenvalue weighted by Crippen LogP contribution is 2.47. The first kappa shape index (κ1) is 18.6. The Hall–Kier alpha value is -1.78. The van der Waals surface area contributed by atoms with E-state index in [0.717, 1.165) is 17.3 Å². The van der Waals surface area contributed by atoms with Gasteiger partial charge in [0.2, 0.25) is 0 Å². The zero-order valence-electron chi connectivity index (χ0n) is 16.0. The number of halogens is 2. The van der Waals surface area contributed by atoms with Crippen LogP contribution in [0.2, 0.25) is 0 Å². The molecule has 2 nitrogen and oxygen atoms in total. The third-order valence-electron chi connectivity index (χ3n) is 7.11. The summed E-state index contributed by atoms with van der Waals surface area (Å²) in [4.78, 5) is 0. The molecule has 2 heterocycles. The number of piperidine rings is 1. The van der Waals surface area contributed by atoms with Crippen LogP contribution in [0.4, 0.5) is 8.78 Å². The fraction of sp³-hybridized carbons (Fsp3) is 0.478. The summed E-state index contributed by atoms with van der Waals surface area (Å²) in [5, 5.41) is 11.7. The molecule has 2 fully saturated rings. The Labute approximate surface area is 160 Å². The molecule has 2 aromatic carbocycles. The summed E-state index contributed by atoms with van der Waals surface area (Å²) >= 11 is 0. The molecule has 1 N–H and O–H groups in total. The average molecular weight is 372 g/mol. The summed E-state index contributed by atoms with van der Waals surface area (Å²) in [6, 6.07) is 13.4. The summed E-state index contributed by atoms with van der Waals surface area (Å²) in [5.41, 5.74) is -0.387. The number of rotatable bonds is 4. The Bertz CT molecular complexity index is 773. The quantitative estimate of drug-likeness (QED) is 0.777. The molecule has 0 amide bonds. The number of fused-ring (bicyclic) bond motifs is 2. The lowest BCUT2D eigenvalue weighted by molar-refractivity contribution is -0.931. The minimum atomic E-state index is -1.39. The molecule has 27 heavy (non-hydrogen) atoms. The molecule has 0 saturated carbocycles. The van der Waals surface area contributed by atoms with E-state index >= 15 is 0 Å². The van der Waals surface area contributed by atoms with Crippen molar-refractivity contribution in [2.75, 3.05) is 14.1 Å². The van der Waals surface area contributed by atoms with E-state index in [2.05, 4.69) is 14.1 Å². The molecular weight excluding hydrogens is 344 g/mol. The first-order chi connectivity index (χ1) is 12.8. The van der Waals surface area contributed by atoms with E-state index in [1.807, 2.05) is 0 Å². The van der Waals surface area contributed by atoms with Crippen molar-refractivity contribution in [2.24, 2.45) is 5.92 Å². The first-order valence-corrected chi connectivity index (χ1v) is 9.87. The molecule has 2 aliphatic heterocycles. The lowest BCUT2D eigenvalue weighted by Gasteiger charge is -2.46. The van der Waals surface area contributed by atoms with E-state index in [1.165, 1.54) is 37.1 Å². The lowest BCUT2D eigenvalue weighted by Crippen LogP contribution is -2.55. The van der Waals surface area contributed by atoms with E-state index in [1.54, 1.807) is 24.3 Å². The van der Waals surface area contributed by atoms with Gasteiger partial charge in [-0.25, -0.2) is 8.78 Å². The van der Waals surface area contributed by atoms with Gasteiger partial charge in [-0.2, -0.15) is 0 Å². The second-order valence-corrected chi connectivity index (χ2v) is 8.94. The molecule has 0 unspecified atom stereocenters. The number of quaternary nitrogens is 1. The average Bonchev–Trinajstić information content (AvgIpc) is 2.79. The van der Waals surface area contributed by atoms with E-state index in [-0.39, 0.29) is 11.6 Å². The summed E-state index contributed by atoms with van der Waals surface area (Å²) in [5.74, 6) is -0.433. The Morgan fingerprint density at radius 2 is 1.41 bits per heavy atom. The number of nitrogens with zero attached hydrogens (tertiary/aromatic N) is 1. The fourth-order valence-electron chi connectivity index (χ4n) is 5.47. The highest BCUT2D eigenvalue weighted by molar-refractivity contribution is 5.36. The Morgan fingerprint density at radius 3 is 1.85 bits per heavy atom. The van der Waals surface area contributed by atoms with Crippen molar-refractivity contribution in [1.82, 2.24) is 0 Å². The van der Waals surface area contributed by atoms with Crippen LogP contribution in [0, 0.1) is 17.6 Å². The fourth-order valence-corrected chi connectivity index (χ4v) is 5.47. The minimum Gasteiger partial charge on any atom is -0.380 e. The van der Waals surface area contributed by atoms with Crippen molar-refractivity contribution in [1.29, 1.82) is 0 Å². The second kappa shape index (κ2) is 6.68. The van der Waals surface area contributed by atoms with Crippen LogP contribution in [0.3, 0.4) is 0 Å². The molecule has 0 spiro atoms. The summed E-state index contributed by atoms with van der Waals surface area (Å²) < 4.78 is 28.9. The molecule has 144 valence electrons. The molecular formula is C23H28F2NO+. The van der Waals surface area contributed by atoms with E-state index in [4.69, 9.17) is 0 Å². The predicted molar refractivity (Wildman–Crippen MR) is 102 cm³/mol. The third kappa shape index (κ3) is 3.30. The SMILES string of the molecule is C[N+]1(C)[C@@H]2CC[C@@H]1CC(CC(O)(c1cccc(F)c1)c1cccc(F)c1)C2. The normalized spacial score (nSPS) is 26.9.